The van der Waals surface area contributed by atoms with E-state index in [4.69, 9.17) is 23.2 Å². The van der Waals surface area contributed by atoms with Gasteiger partial charge in [-0.15, -0.1) is 22.9 Å². The molecular weight excluding hydrogens is 249 g/mol. The third kappa shape index (κ3) is 2.33. The lowest BCUT2D eigenvalue weighted by molar-refractivity contribution is 1.23. The van der Waals surface area contributed by atoms with Gasteiger partial charge in [0.25, 0.3) is 0 Å². The second-order valence-corrected chi connectivity index (χ2v) is 5.11. The van der Waals surface area contributed by atoms with Crippen LogP contribution in [0.4, 0.5) is 0 Å². The van der Waals surface area contributed by atoms with Crippen molar-refractivity contribution in [1.29, 1.82) is 0 Å². The molecule has 0 spiro atoms. The van der Waals surface area contributed by atoms with Gasteiger partial charge >= 0.3 is 0 Å². The molecule has 1 nitrogen and oxygen atoms in total. The zero-order chi connectivity index (χ0) is 10.8. The van der Waals surface area contributed by atoms with Gasteiger partial charge in [0.05, 0.1) is 11.6 Å². The van der Waals surface area contributed by atoms with Gasteiger partial charge in [0, 0.05) is 5.56 Å². The molecule has 0 aliphatic carbocycles. The summed E-state index contributed by atoms with van der Waals surface area (Å²) in [6, 6.07) is 8.21. The van der Waals surface area contributed by atoms with Gasteiger partial charge in [0.1, 0.15) is 9.34 Å². The Balaban J connectivity index is 2.41. The fraction of sp³-hybridized carbons (Fsp3) is 0.182. The highest BCUT2D eigenvalue weighted by Gasteiger charge is 2.09. The number of hydrogen-bond acceptors (Lipinski definition) is 2. The Hall–Kier alpha value is -0.570. The van der Waals surface area contributed by atoms with E-state index >= 15 is 0 Å². The Bertz CT molecular complexity index is 462. The number of nitrogens with zero attached hydrogens (tertiary/aromatic N) is 1. The number of aryl methyl sites for hydroxylation is 1. The topological polar surface area (TPSA) is 12.9 Å². The lowest BCUT2D eigenvalue weighted by atomic mass is 10.2. The molecule has 0 fully saturated rings. The maximum Gasteiger partial charge on any atom is 0.125 e. The van der Waals surface area contributed by atoms with Crippen LogP contribution in [0.3, 0.4) is 0 Å². The van der Waals surface area contributed by atoms with E-state index in [9.17, 15) is 0 Å². The van der Waals surface area contributed by atoms with Gasteiger partial charge in [0.15, 0.2) is 0 Å². The molecule has 0 aliphatic heterocycles. The maximum absolute atomic E-state index is 6.00. The third-order valence-electron chi connectivity index (χ3n) is 2.07. The second-order valence-electron chi connectivity index (χ2n) is 3.24. The normalized spacial score (nSPS) is 10.6. The summed E-state index contributed by atoms with van der Waals surface area (Å²) in [5.41, 5.74) is 3.08. The van der Waals surface area contributed by atoms with E-state index in [2.05, 4.69) is 24.0 Å². The molecule has 78 valence electrons. The highest BCUT2D eigenvalue weighted by Crippen LogP contribution is 2.32. The van der Waals surface area contributed by atoms with Gasteiger partial charge in [-0.25, -0.2) is 4.98 Å². The first-order chi connectivity index (χ1) is 7.20. The molecule has 0 saturated carbocycles. The first-order valence-electron chi connectivity index (χ1n) is 4.49. The summed E-state index contributed by atoms with van der Waals surface area (Å²) in [7, 11) is 0. The fourth-order valence-electron chi connectivity index (χ4n) is 1.24. The van der Waals surface area contributed by atoms with Crippen LogP contribution in [-0.2, 0) is 5.88 Å². The average Bonchev–Trinajstić information content (AvgIpc) is 2.61. The van der Waals surface area contributed by atoms with Crippen molar-refractivity contribution in [2.24, 2.45) is 0 Å². The van der Waals surface area contributed by atoms with Gasteiger partial charge in [0.2, 0.25) is 0 Å². The first kappa shape index (κ1) is 10.9. The Morgan fingerprint density at radius 2 is 1.93 bits per heavy atom. The first-order valence-corrected chi connectivity index (χ1v) is 6.22. The van der Waals surface area contributed by atoms with E-state index in [1.807, 2.05) is 12.1 Å². The lowest BCUT2D eigenvalue weighted by Crippen LogP contribution is -1.80. The zero-order valence-corrected chi connectivity index (χ0v) is 10.5. The minimum Gasteiger partial charge on any atom is -0.238 e. The van der Waals surface area contributed by atoms with Crippen molar-refractivity contribution in [2.75, 3.05) is 0 Å². The van der Waals surface area contributed by atoms with Crippen molar-refractivity contribution >= 4 is 34.5 Å². The lowest BCUT2D eigenvalue weighted by Gasteiger charge is -1.96. The van der Waals surface area contributed by atoms with Crippen molar-refractivity contribution in [2.45, 2.75) is 12.8 Å². The van der Waals surface area contributed by atoms with E-state index in [1.54, 1.807) is 0 Å². The number of halogens is 2. The Morgan fingerprint density at radius 3 is 2.47 bits per heavy atom. The second kappa shape index (κ2) is 4.52. The Labute approximate surface area is 103 Å². The van der Waals surface area contributed by atoms with Crippen LogP contribution in [0.25, 0.3) is 10.6 Å². The monoisotopic (exact) mass is 257 g/mol. The summed E-state index contributed by atoms with van der Waals surface area (Å²) >= 11 is 13.2. The predicted molar refractivity (Wildman–Crippen MR) is 66.9 cm³/mol. The van der Waals surface area contributed by atoms with Crippen LogP contribution in [0.2, 0.25) is 4.34 Å². The van der Waals surface area contributed by atoms with Crippen LogP contribution >= 0.6 is 34.5 Å². The number of alkyl halides is 1. The van der Waals surface area contributed by atoms with Gasteiger partial charge in [-0.3, -0.25) is 0 Å². The molecule has 0 N–H and O–H groups in total. The molecule has 0 aliphatic rings. The number of aromatic nitrogens is 1. The number of thiazole rings is 1. The smallest absolute Gasteiger partial charge is 0.125 e. The molecule has 1 heterocycles. The fourth-order valence-corrected chi connectivity index (χ4v) is 2.72. The van der Waals surface area contributed by atoms with E-state index < -0.39 is 0 Å². The third-order valence-corrected chi connectivity index (χ3v) is 3.71. The molecule has 4 heteroatoms. The molecule has 1 aromatic carbocycles. The molecule has 15 heavy (non-hydrogen) atoms. The van der Waals surface area contributed by atoms with Crippen molar-refractivity contribution < 1.29 is 0 Å². The van der Waals surface area contributed by atoms with Crippen LogP contribution in [-0.4, -0.2) is 4.98 Å². The molecule has 0 amide bonds. The summed E-state index contributed by atoms with van der Waals surface area (Å²) < 4.78 is 0.681. The van der Waals surface area contributed by atoms with Crippen LogP contribution < -0.4 is 0 Å². The molecule has 1 aromatic heterocycles. The summed E-state index contributed by atoms with van der Waals surface area (Å²) in [5, 5.41) is 0.927. The quantitative estimate of drug-likeness (QED) is 0.722. The summed E-state index contributed by atoms with van der Waals surface area (Å²) in [6.07, 6.45) is 0. The van der Waals surface area contributed by atoms with E-state index in [1.165, 1.54) is 16.9 Å². The molecule has 0 saturated heterocycles. The molecule has 2 rings (SSSR count). The van der Waals surface area contributed by atoms with E-state index in [0.717, 1.165) is 16.3 Å². The minimum atomic E-state index is 0.362. The Morgan fingerprint density at radius 1 is 1.27 bits per heavy atom. The van der Waals surface area contributed by atoms with Crippen molar-refractivity contribution in [3.05, 3.63) is 39.9 Å². The minimum absolute atomic E-state index is 0.362. The zero-order valence-electron chi connectivity index (χ0n) is 8.13. The highest BCUT2D eigenvalue weighted by molar-refractivity contribution is 7.19. The SMILES string of the molecule is Cc1ccc(-c2nc(CCl)c(Cl)s2)cc1. The molecule has 2 aromatic rings. The summed E-state index contributed by atoms with van der Waals surface area (Å²) in [6.45, 7) is 2.06. The van der Waals surface area contributed by atoms with Crippen molar-refractivity contribution in [3.8, 4) is 10.6 Å². The number of hydrogen-bond donors (Lipinski definition) is 0. The Kier molecular flexibility index (Phi) is 3.29. The van der Waals surface area contributed by atoms with Crippen LogP contribution in [0.5, 0.6) is 0 Å². The average molecular weight is 258 g/mol. The van der Waals surface area contributed by atoms with Crippen LogP contribution in [0.1, 0.15) is 11.3 Å². The van der Waals surface area contributed by atoms with E-state index in [-0.39, 0.29) is 0 Å². The predicted octanol–water partition coefficient (Wildman–Crippen LogP) is 4.51. The van der Waals surface area contributed by atoms with Gasteiger partial charge in [-0.1, -0.05) is 41.4 Å². The maximum atomic E-state index is 6.00. The summed E-state index contributed by atoms with van der Waals surface area (Å²) in [4.78, 5) is 4.38. The number of benzene rings is 1. The van der Waals surface area contributed by atoms with Gasteiger partial charge < -0.3 is 0 Å². The largest absolute Gasteiger partial charge is 0.238 e. The standard InChI is InChI=1S/C11H9Cl2NS/c1-7-2-4-8(5-3-7)11-14-9(6-12)10(13)15-11/h2-5H,6H2,1H3. The van der Waals surface area contributed by atoms with E-state index in [0.29, 0.717) is 10.2 Å². The van der Waals surface area contributed by atoms with Gasteiger partial charge in [-0.05, 0) is 6.92 Å². The molecular formula is C11H9Cl2NS. The molecule has 0 bridgehead atoms. The molecule has 0 radical (unpaired) electrons. The summed E-state index contributed by atoms with van der Waals surface area (Å²) in [5.74, 6) is 0.362. The number of rotatable bonds is 2. The van der Waals surface area contributed by atoms with Crippen LogP contribution in [0, 0.1) is 6.92 Å². The van der Waals surface area contributed by atoms with Crippen molar-refractivity contribution in [3.63, 3.8) is 0 Å². The van der Waals surface area contributed by atoms with Crippen LogP contribution in [0.15, 0.2) is 24.3 Å². The van der Waals surface area contributed by atoms with Gasteiger partial charge in [-0.2, -0.15) is 0 Å². The van der Waals surface area contributed by atoms with Crippen molar-refractivity contribution in [1.82, 2.24) is 4.98 Å². The highest BCUT2D eigenvalue weighted by atomic mass is 35.5. The molecule has 0 unspecified atom stereocenters. The molecule has 0 atom stereocenters.